The predicted octanol–water partition coefficient (Wildman–Crippen LogP) is 2.71. The van der Waals surface area contributed by atoms with Crippen molar-refractivity contribution >= 4 is 11.6 Å². The lowest BCUT2D eigenvalue weighted by Gasteiger charge is -2.31. The van der Waals surface area contributed by atoms with Crippen molar-refractivity contribution < 1.29 is 14.3 Å². The molecule has 6 nitrogen and oxygen atoms in total. The maximum absolute atomic E-state index is 12.2. The van der Waals surface area contributed by atoms with Crippen LogP contribution in [0.1, 0.15) is 18.5 Å². The van der Waals surface area contributed by atoms with Crippen molar-refractivity contribution in [2.45, 2.75) is 25.6 Å². The van der Waals surface area contributed by atoms with Crippen molar-refractivity contribution in [3.05, 3.63) is 54.4 Å². The quantitative estimate of drug-likeness (QED) is 0.827. The van der Waals surface area contributed by atoms with Crippen molar-refractivity contribution in [3.8, 4) is 5.75 Å². The van der Waals surface area contributed by atoms with Gasteiger partial charge in [0, 0.05) is 25.0 Å². The zero-order chi connectivity index (χ0) is 18.2. The highest BCUT2D eigenvalue weighted by Gasteiger charge is 2.21. The number of rotatable bonds is 7. The average Bonchev–Trinajstić information content (AvgIpc) is 2.69. The Labute approximate surface area is 154 Å². The smallest absolute Gasteiger partial charge is 0.238 e. The summed E-state index contributed by atoms with van der Waals surface area (Å²) >= 11 is 0. The Morgan fingerprint density at radius 3 is 2.62 bits per heavy atom. The average molecular weight is 355 g/mol. The zero-order valence-corrected chi connectivity index (χ0v) is 15.1. The third kappa shape index (κ3) is 5.54. The highest BCUT2D eigenvalue weighted by molar-refractivity contribution is 5.92. The van der Waals surface area contributed by atoms with Gasteiger partial charge in [-0.3, -0.25) is 14.7 Å². The molecule has 26 heavy (non-hydrogen) atoms. The Kier molecular flexibility index (Phi) is 6.57. The molecule has 2 aromatic rings. The maximum atomic E-state index is 12.2. The molecule has 2 heterocycles. The van der Waals surface area contributed by atoms with Crippen molar-refractivity contribution in [2.75, 3.05) is 32.1 Å². The van der Waals surface area contributed by atoms with Gasteiger partial charge in [-0.1, -0.05) is 6.07 Å². The summed E-state index contributed by atoms with van der Waals surface area (Å²) in [4.78, 5) is 18.6. The molecule has 0 bridgehead atoms. The summed E-state index contributed by atoms with van der Waals surface area (Å²) in [6.07, 6.45) is 3.88. The van der Waals surface area contributed by atoms with Crippen LogP contribution >= 0.6 is 0 Å². The fourth-order valence-corrected chi connectivity index (χ4v) is 3.00. The molecule has 1 aromatic carbocycles. The number of hydrogen-bond acceptors (Lipinski definition) is 5. The summed E-state index contributed by atoms with van der Waals surface area (Å²) in [7, 11) is 1.62. The molecule has 0 unspecified atom stereocenters. The van der Waals surface area contributed by atoms with Gasteiger partial charge in [-0.25, -0.2) is 0 Å². The molecule has 1 aromatic heterocycles. The zero-order valence-electron chi connectivity index (χ0n) is 15.1. The van der Waals surface area contributed by atoms with Gasteiger partial charge >= 0.3 is 0 Å². The number of anilines is 1. The molecule has 6 heteroatoms. The Morgan fingerprint density at radius 2 is 1.96 bits per heavy atom. The van der Waals surface area contributed by atoms with Crippen molar-refractivity contribution in [1.82, 2.24) is 9.88 Å². The minimum atomic E-state index is 0.00280. The molecule has 3 rings (SSSR count). The standard InChI is InChI=1S/C20H25N3O3/c1-25-18-7-5-16(6-8-18)22-20(24)14-23-12-9-19(10-13-23)26-15-17-4-2-3-11-21-17/h2-8,11,19H,9-10,12-15H2,1H3,(H,22,24). The molecule has 0 spiro atoms. The van der Waals surface area contributed by atoms with Crippen LogP contribution in [0, 0.1) is 0 Å². The summed E-state index contributed by atoms with van der Waals surface area (Å²) in [5.74, 6) is 0.777. The maximum Gasteiger partial charge on any atom is 0.238 e. The van der Waals surface area contributed by atoms with Crippen LogP contribution < -0.4 is 10.1 Å². The Bertz CT molecular complexity index is 683. The molecule has 1 aliphatic rings. The summed E-state index contributed by atoms with van der Waals surface area (Å²) in [5, 5.41) is 2.92. The lowest BCUT2D eigenvalue weighted by atomic mass is 10.1. The number of ether oxygens (including phenoxy) is 2. The second kappa shape index (κ2) is 9.31. The van der Waals surface area contributed by atoms with E-state index in [9.17, 15) is 4.79 Å². The van der Waals surface area contributed by atoms with Crippen molar-refractivity contribution in [2.24, 2.45) is 0 Å². The minimum Gasteiger partial charge on any atom is -0.497 e. The topological polar surface area (TPSA) is 63.7 Å². The second-order valence-electron chi connectivity index (χ2n) is 6.38. The van der Waals surface area contributed by atoms with Gasteiger partial charge in [0.05, 0.1) is 32.1 Å². The number of nitrogens with zero attached hydrogens (tertiary/aromatic N) is 2. The van der Waals surface area contributed by atoms with Gasteiger partial charge < -0.3 is 14.8 Å². The monoisotopic (exact) mass is 355 g/mol. The third-order valence-corrected chi connectivity index (χ3v) is 4.47. The number of carbonyl (C=O) groups is 1. The van der Waals surface area contributed by atoms with Gasteiger partial charge in [-0.05, 0) is 49.2 Å². The first-order valence-corrected chi connectivity index (χ1v) is 8.91. The summed E-state index contributed by atoms with van der Waals surface area (Å²) in [6, 6.07) is 13.2. The minimum absolute atomic E-state index is 0.00280. The predicted molar refractivity (Wildman–Crippen MR) is 100 cm³/mol. The molecule has 1 aliphatic heterocycles. The number of benzene rings is 1. The normalized spacial score (nSPS) is 15.6. The largest absolute Gasteiger partial charge is 0.497 e. The molecule has 1 saturated heterocycles. The molecule has 1 fully saturated rings. The first-order valence-electron chi connectivity index (χ1n) is 8.91. The van der Waals surface area contributed by atoms with E-state index in [1.807, 2.05) is 42.5 Å². The number of pyridine rings is 1. The van der Waals surface area contributed by atoms with E-state index in [0.29, 0.717) is 13.2 Å². The number of carbonyl (C=O) groups excluding carboxylic acids is 1. The van der Waals surface area contributed by atoms with Crippen LogP contribution in [0.5, 0.6) is 5.75 Å². The molecule has 0 radical (unpaired) electrons. The van der Waals surface area contributed by atoms with E-state index in [2.05, 4.69) is 15.2 Å². The van der Waals surface area contributed by atoms with Crippen molar-refractivity contribution in [1.29, 1.82) is 0 Å². The van der Waals surface area contributed by atoms with Gasteiger partial charge in [-0.2, -0.15) is 0 Å². The van der Waals surface area contributed by atoms with Crippen LogP contribution in [0.3, 0.4) is 0 Å². The number of aromatic nitrogens is 1. The number of nitrogens with one attached hydrogen (secondary N) is 1. The lowest BCUT2D eigenvalue weighted by molar-refractivity contribution is -0.118. The second-order valence-corrected chi connectivity index (χ2v) is 6.38. The summed E-state index contributed by atoms with van der Waals surface area (Å²) in [6.45, 7) is 2.67. The van der Waals surface area contributed by atoms with E-state index in [1.54, 1.807) is 13.3 Å². The molecular weight excluding hydrogens is 330 g/mol. The van der Waals surface area contributed by atoms with Crippen LogP contribution in [0.15, 0.2) is 48.7 Å². The van der Waals surface area contributed by atoms with Crippen LogP contribution in [0.25, 0.3) is 0 Å². The number of likely N-dealkylation sites (tertiary alicyclic amines) is 1. The van der Waals surface area contributed by atoms with E-state index < -0.39 is 0 Å². The Hall–Kier alpha value is -2.44. The van der Waals surface area contributed by atoms with Gasteiger partial charge in [-0.15, -0.1) is 0 Å². The van der Waals surface area contributed by atoms with Crippen molar-refractivity contribution in [3.63, 3.8) is 0 Å². The first kappa shape index (κ1) is 18.4. The number of methoxy groups -OCH3 is 1. The SMILES string of the molecule is COc1ccc(NC(=O)CN2CCC(OCc3ccccn3)CC2)cc1. The molecule has 0 atom stereocenters. The van der Waals surface area contributed by atoms with Crippen LogP contribution in [0.2, 0.25) is 0 Å². The highest BCUT2D eigenvalue weighted by Crippen LogP contribution is 2.17. The number of hydrogen-bond donors (Lipinski definition) is 1. The third-order valence-electron chi connectivity index (χ3n) is 4.47. The lowest BCUT2D eigenvalue weighted by Crippen LogP contribution is -2.41. The van der Waals surface area contributed by atoms with Gasteiger partial charge in [0.15, 0.2) is 0 Å². The molecule has 0 aliphatic carbocycles. The summed E-state index contributed by atoms with van der Waals surface area (Å²) < 4.78 is 11.1. The van der Waals surface area contributed by atoms with Crippen LogP contribution in [-0.4, -0.2) is 48.6 Å². The number of amides is 1. The van der Waals surface area contributed by atoms with Gasteiger partial charge in [0.25, 0.3) is 0 Å². The van der Waals surface area contributed by atoms with Crippen LogP contribution in [0.4, 0.5) is 5.69 Å². The number of piperidine rings is 1. The van der Waals surface area contributed by atoms with Crippen LogP contribution in [-0.2, 0) is 16.1 Å². The Balaban J connectivity index is 1.37. The molecule has 138 valence electrons. The molecule has 0 saturated carbocycles. The van der Waals surface area contributed by atoms with E-state index in [1.165, 1.54) is 0 Å². The highest BCUT2D eigenvalue weighted by atomic mass is 16.5. The molecular formula is C20H25N3O3. The summed E-state index contributed by atoms with van der Waals surface area (Å²) in [5.41, 5.74) is 1.73. The molecule has 1 N–H and O–H groups in total. The first-order chi connectivity index (χ1) is 12.7. The fraction of sp³-hybridized carbons (Fsp3) is 0.400. The van der Waals surface area contributed by atoms with E-state index in [4.69, 9.17) is 9.47 Å². The van der Waals surface area contributed by atoms with Gasteiger partial charge in [0.2, 0.25) is 5.91 Å². The molecule has 1 amide bonds. The van der Waals surface area contributed by atoms with Gasteiger partial charge in [0.1, 0.15) is 5.75 Å². The van der Waals surface area contributed by atoms with E-state index >= 15 is 0 Å². The van der Waals surface area contributed by atoms with E-state index in [0.717, 1.165) is 43.1 Å². The Morgan fingerprint density at radius 1 is 1.19 bits per heavy atom. The fourth-order valence-electron chi connectivity index (χ4n) is 3.00. The van der Waals surface area contributed by atoms with E-state index in [-0.39, 0.29) is 12.0 Å².